The zero-order chi connectivity index (χ0) is 13.9. The van der Waals surface area contributed by atoms with Gasteiger partial charge in [-0.3, -0.25) is 4.79 Å². The Morgan fingerprint density at radius 3 is 2.60 bits per heavy atom. The Bertz CT molecular complexity index is 321. The number of halogens is 1. The molecule has 0 aromatic heterocycles. The van der Waals surface area contributed by atoms with E-state index in [-0.39, 0.29) is 29.8 Å². The van der Waals surface area contributed by atoms with Gasteiger partial charge in [-0.2, -0.15) is 0 Å². The summed E-state index contributed by atoms with van der Waals surface area (Å²) in [5, 5.41) is 0. The number of ether oxygens (including phenoxy) is 1. The molecule has 2 unspecified atom stereocenters. The Hall–Kier alpha value is -0.320. The first kappa shape index (κ1) is 17.7. The zero-order valence-electron chi connectivity index (χ0n) is 12.8. The lowest BCUT2D eigenvalue weighted by Crippen LogP contribution is -2.42. The van der Waals surface area contributed by atoms with Crippen molar-refractivity contribution in [2.24, 2.45) is 11.1 Å². The first-order valence-electron chi connectivity index (χ1n) is 7.72. The lowest BCUT2D eigenvalue weighted by atomic mass is 9.90. The van der Waals surface area contributed by atoms with Crippen LogP contribution in [0, 0.1) is 5.41 Å². The molecule has 1 heterocycles. The van der Waals surface area contributed by atoms with Gasteiger partial charge in [0.05, 0.1) is 6.10 Å². The second-order valence-corrected chi connectivity index (χ2v) is 6.46. The molecule has 0 radical (unpaired) electrons. The lowest BCUT2D eigenvalue weighted by molar-refractivity contribution is -0.147. The normalized spacial score (nSPS) is 28.4. The summed E-state index contributed by atoms with van der Waals surface area (Å²) in [7, 11) is 0. The van der Waals surface area contributed by atoms with Gasteiger partial charge in [0, 0.05) is 13.1 Å². The number of carbonyl (C=O) groups is 1. The minimum atomic E-state index is -0.247. The van der Waals surface area contributed by atoms with Gasteiger partial charge in [-0.15, -0.1) is 12.4 Å². The second kappa shape index (κ2) is 7.62. The van der Waals surface area contributed by atoms with Crippen LogP contribution in [-0.2, 0) is 9.53 Å². The van der Waals surface area contributed by atoms with Crippen molar-refractivity contribution in [2.45, 2.75) is 64.6 Å². The minimum Gasteiger partial charge on any atom is -0.365 e. The van der Waals surface area contributed by atoms with E-state index in [2.05, 4.69) is 6.92 Å². The maximum atomic E-state index is 12.5. The third-order valence-electron chi connectivity index (χ3n) is 4.67. The highest BCUT2D eigenvalue weighted by atomic mass is 35.5. The number of hydrogen-bond acceptors (Lipinski definition) is 3. The Labute approximate surface area is 128 Å². The van der Waals surface area contributed by atoms with Crippen LogP contribution in [0.15, 0.2) is 0 Å². The van der Waals surface area contributed by atoms with E-state index in [0.717, 1.165) is 38.8 Å². The van der Waals surface area contributed by atoms with Crippen LogP contribution in [-0.4, -0.2) is 42.6 Å². The summed E-state index contributed by atoms with van der Waals surface area (Å²) >= 11 is 0. The Morgan fingerprint density at radius 2 is 2.10 bits per heavy atom. The van der Waals surface area contributed by atoms with E-state index in [0.29, 0.717) is 12.6 Å². The molecule has 2 aliphatic rings. The zero-order valence-corrected chi connectivity index (χ0v) is 13.6. The average Bonchev–Trinajstić information content (AvgIpc) is 3.05. The SMILES string of the molecule is CCC(OC1CCCC1)C(=O)N1CCC(C)(CN)C1.Cl. The lowest BCUT2D eigenvalue weighted by Gasteiger charge is -2.27. The van der Waals surface area contributed by atoms with Crippen LogP contribution in [0.2, 0.25) is 0 Å². The van der Waals surface area contributed by atoms with Gasteiger partial charge in [-0.1, -0.05) is 26.7 Å². The van der Waals surface area contributed by atoms with Crippen molar-refractivity contribution in [3.63, 3.8) is 0 Å². The van der Waals surface area contributed by atoms with Gasteiger partial charge in [-0.25, -0.2) is 0 Å². The van der Waals surface area contributed by atoms with E-state index in [4.69, 9.17) is 10.5 Å². The van der Waals surface area contributed by atoms with Crippen molar-refractivity contribution in [1.82, 2.24) is 4.90 Å². The van der Waals surface area contributed by atoms with E-state index < -0.39 is 0 Å². The van der Waals surface area contributed by atoms with Gasteiger partial charge in [0.2, 0.25) is 0 Å². The van der Waals surface area contributed by atoms with Crippen LogP contribution in [0.1, 0.15) is 52.4 Å². The van der Waals surface area contributed by atoms with Gasteiger partial charge >= 0.3 is 0 Å². The molecule has 0 spiro atoms. The highest BCUT2D eigenvalue weighted by Gasteiger charge is 2.37. The highest BCUT2D eigenvalue weighted by Crippen LogP contribution is 2.30. The van der Waals surface area contributed by atoms with Crippen LogP contribution in [0.5, 0.6) is 0 Å². The standard InChI is InChI=1S/C15H28N2O2.ClH/c1-3-13(19-12-6-4-5-7-12)14(18)17-9-8-15(2,10-16)11-17;/h12-13H,3-11,16H2,1-2H3;1H. The average molecular weight is 305 g/mol. The fourth-order valence-electron chi connectivity index (χ4n) is 3.17. The van der Waals surface area contributed by atoms with Crippen molar-refractivity contribution in [3.8, 4) is 0 Å². The topological polar surface area (TPSA) is 55.6 Å². The van der Waals surface area contributed by atoms with Crippen LogP contribution < -0.4 is 5.73 Å². The summed E-state index contributed by atoms with van der Waals surface area (Å²) in [6.45, 7) is 6.47. The molecule has 20 heavy (non-hydrogen) atoms. The Balaban J connectivity index is 0.00000200. The molecule has 2 atom stereocenters. The minimum absolute atomic E-state index is 0. The van der Waals surface area contributed by atoms with Crippen LogP contribution in [0.25, 0.3) is 0 Å². The number of rotatable bonds is 5. The number of amides is 1. The monoisotopic (exact) mass is 304 g/mol. The highest BCUT2D eigenvalue weighted by molar-refractivity contribution is 5.85. The van der Waals surface area contributed by atoms with E-state index in [1.165, 1.54) is 12.8 Å². The smallest absolute Gasteiger partial charge is 0.251 e. The molecular formula is C15H29ClN2O2. The molecule has 118 valence electrons. The molecule has 2 fully saturated rings. The molecule has 1 amide bonds. The van der Waals surface area contributed by atoms with Crippen LogP contribution in [0.3, 0.4) is 0 Å². The summed E-state index contributed by atoms with van der Waals surface area (Å²) in [6.07, 6.45) is 6.55. The van der Waals surface area contributed by atoms with Crippen molar-refractivity contribution in [3.05, 3.63) is 0 Å². The molecule has 0 aromatic rings. The molecule has 1 aliphatic carbocycles. The maximum Gasteiger partial charge on any atom is 0.251 e. The number of likely N-dealkylation sites (tertiary alicyclic amines) is 1. The number of nitrogens with two attached hydrogens (primary N) is 1. The first-order valence-corrected chi connectivity index (χ1v) is 7.72. The number of carbonyl (C=O) groups excluding carboxylic acids is 1. The molecule has 5 heteroatoms. The Kier molecular flexibility index (Phi) is 6.76. The predicted molar refractivity (Wildman–Crippen MR) is 83.0 cm³/mol. The molecule has 1 aliphatic heterocycles. The summed E-state index contributed by atoms with van der Waals surface area (Å²) in [5.41, 5.74) is 5.90. The number of hydrogen-bond donors (Lipinski definition) is 1. The third-order valence-corrected chi connectivity index (χ3v) is 4.67. The van der Waals surface area contributed by atoms with Crippen molar-refractivity contribution in [1.29, 1.82) is 0 Å². The van der Waals surface area contributed by atoms with Crippen molar-refractivity contribution >= 4 is 18.3 Å². The predicted octanol–water partition coefficient (Wildman–Crippen LogP) is 2.34. The molecule has 0 aromatic carbocycles. The molecule has 1 saturated carbocycles. The fourth-order valence-corrected chi connectivity index (χ4v) is 3.17. The molecule has 0 bridgehead atoms. The molecule has 2 rings (SSSR count). The van der Waals surface area contributed by atoms with E-state index >= 15 is 0 Å². The van der Waals surface area contributed by atoms with E-state index in [1.807, 2.05) is 11.8 Å². The maximum absolute atomic E-state index is 12.5. The first-order chi connectivity index (χ1) is 9.08. The molecular weight excluding hydrogens is 276 g/mol. The van der Waals surface area contributed by atoms with Gasteiger partial charge in [0.1, 0.15) is 6.10 Å². The summed E-state index contributed by atoms with van der Waals surface area (Å²) in [4.78, 5) is 14.5. The summed E-state index contributed by atoms with van der Waals surface area (Å²) in [6, 6.07) is 0. The summed E-state index contributed by atoms with van der Waals surface area (Å²) < 4.78 is 6.01. The largest absolute Gasteiger partial charge is 0.365 e. The van der Waals surface area contributed by atoms with Crippen LogP contribution >= 0.6 is 12.4 Å². The summed E-state index contributed by atoms with van der Waals surface area (Å²) in [5.74, 6) is 0.173. The third kappa shape index (κ3) is 4.09. The molecule has 2 N–H and O–H groups in total. The van der Waals surface area contributed by atoms with Gasteiger partial charge in [0.15, 0.2) is 0 Å². The van der Waals surface area contributed by atoms with Gasteiger partial charge < -0.3 is 15.4 Å². The Morgan fingerprint density at radius 1 is 1.45 bits per heavy atom. The number of nitrogens with zero attached hydrogens (tertiary/aromatic N) is 1. The van der Waals surface area contributed by atoms with Crippen molar-refractivity contribution < 1.29 is 9.53 Å². The van der Waals surface area contributed by atoms with Crippen LogP contribution in [0.4, 0.5) is 0 Å². The van der Waals surface area contributed by atoms with Gasteiger partial charge in [-0.05, 0) is 37.6 Å². The quantitative estimate of drug-likeness (QED) is 0.848. The fraction of sp³-hybridized carbons (Fsp3) is 0.933. The van der Waals surface area contributed by atoms with Gasteiger partial charge in [0.25, 0.3) is 5.91 Å². The van der Waals surface area contributed by atoms with E-state index in [1.54, 1.807) is 0 Å². The molecule has 1 saturated heterocycles. The second-order valence-electron chi connectivity index (χ2n) is 6.46. The molecule has 4 nitrogen and oxygen atoms in total. The van der Waals surface area contributed by atoms with Crippen molar-refractivity contribution in [2.75, 3.05) is 19.6 Å². The van der Waals surface area contributed by atoms with E-state index in [9.17, 15) is 4.79 Å².